The van der Waals surface area contributed by atoms with Crippen molar-refractivity contribution in [1.82, 2.24) is 34.8 Å². The average Bonchev–Trinajstić information content (AvgIpc) is 3.40. The highest BCUT2D eigenvalue weighted by Gasteiger charge is 2.19. The normalized spacial score (nSPS) is 13.6. The van der Waals surface area contributed by atoms with Crippen molar-refractivity contribution in [3.8, 4) is 35.4 Å². The van der Waals surface area contributed by atoms with E-state index in [1.165, 1.54) is 25.5 Å². The van der Waals surface area contributed by atoms with Crippen molar-refractivity contribution in [3.05, 3.63) is 84.2 Å². The van der Waals surface area contributed by atoms with Crippen molar-refractivity contribution >= 4 is 16.7 Å². The number of piperidine rings is 1. The second-order valence-corrected chi connectivity index (χ2v) is 9.43. The molecule has 1 fully saturated rings. The number of hydrogen-bond donors (Lipinski definition) is 2. The summed E-state index contributed by atoms with van der Waals surface area (Å²) in [6, 6.07) is 7.65. The summed E-state index contributed by atoms with van der Waals surface area (Å²) in [6.45, 7) is 2.96. The summed E-state index contributed by atoms with van der Waals surface area (Å²) in [5.41, 5.74) is 11.8. The minimum absolute atomic E-state index is 0.185. The van der Waals surface area contributed by atoms with Gasteiger partial charge in [-0.15, -0.1) is 12.8 Å². The van der Waals surface area contributed by atoms with E-state index in [0.717, 1.165) is 47.5 Å². The Morgan fingerprint density at radius 1 is 0.974 bits per heavy atom. The van der Waals surface area contributed by atoms with E-state index < -0.39 is 5.82 Å². The van der Waals surface area contributed by atoms with Crippen LogP contribution in [-0.4, -0.2) is 47.9 Å². The number of nitrogens with two attached hydrogens (primary N) is 1. The van der Waals surface area contributed by atoms with Gasteiger partial charge in [0.25, 0.3) is 0 Å². The number of halogens is 1. The molecule has 6 heterocycles. The maximum absolute atomic E-state index is 15.9. The predicted molar refractivity (Wildman–Crippen MR) is 151 cm³/mol. The first kappa shape index (κ1) is 25.9. The summed E-state index contributed by atoms with van der Waals surface area (Å²) >= 11 is 0. The van der Waals surface area contributed by atoms with Crippen LogP contribution in [0.4, 0.5) is 10.1 Å². The number of pyridine rings is 4. The van der Waals surface area contributed by atoms with Gasteiger partial charge in [-0.1, -0.05) is 12.5 Å². The van der Waals surface area contributed by atoms with Gasteiger partial charge < -0.3 is 10.7 Å². The summed E-state index contributed by atoms with van der Waals surface area (Å²) in [5, 5.41) is 0. The minimum atomic E-state index is -0.458. The summed E-state index contributed by atoms with van der Waals surface area (Å²) in [5.74, 6) is 0.125. The van der Waals surface area contributed by atoms with E-state index in [1.807, 2.05) is 30.5 Å². The smallest absolute Gasteiger partial charge is 0.155 e. The van der Waals surface area contributed by atoms with Crippen molar-refractivity contribution in [1.29, 1.82) is 0 Å². The second-order valence-electron chi connectivity index (χ2n) is 9.43. The van der Waals surface area contributed by atoms with Crippen LogP contribution >= 0.6 is 0 Å². The number of fused-ring (bicyclic) bond motifs is 1. The quantitative estimate of drug-likeness (QED) is 0.302. The monoisotopic (exact) mass is 520 g/mol. The van der Waals surface area contributed by atoms with E-state index in [4.69, 9.17) is 10.7 Å². The Balaban J connectivity index is 0.00000151. The van der Waals surface area contributed by atoms with Crippen LogP contribution in [0.5, 0.6) is 0 Å². The fourth-order valence-corrected chi connectivity index (χ4v) is 4.94. The highest BCUT2D eigenvalue weighted by Crippen LogP contribution is 2.30. The van der Waals surface area contributed by atoms with Crippen LogP contribution in [0.25, 0.3) is 33.5 Å². The first-order chi connectivity index (χ1) is 19.2. The first-order valence-corrected chi connectivity index (χ1v) is 12.8. The molecule has 1 aliphatic rings. The Kier molecular flexibility index (Phi) is 7.85. The van der Waals surface area contributed by atoms with Crippen LogP contribution in [0.1, 0.15) is 36.2 Å². The van der Waals surface area contributed by atoms with E-state index in [-0.39, 0.29) is 17.8 Å². The lowest BCUT2D eigenvalue weighted by Gasteiger charge is -2.26. The topological polar surface area (TPSA) is 110 Å². The summed E-state index contributed by atoms with van der Waals surface area (Å²) < 4.78 is 15.9. The number of terminal acetylenes is 1. The Hall–Kier alpha value is -4.68. The van der Waals surface area contributed by atoms with Crippen LogP contribution in [-0.2, 0) is 13.0 Å². The molecule has 0 aromatic carbocycles. The first-order valence-electron chi connectivity index (χ1n) is 12.8. The SMILES string of the molecule is C#C.Nc1cnc(-c2cncc(CN3CCCCC3)c2)c(F)c1Cc1nc2c(-c3ccccn3)cncc2[nH]1. The fraction of sp³-hybridized carbons (Fsp3) is 0.233. The third kappa shape index (κ3) is 5.61. The number of nitrogens with one attached hydrogen (secondary N) is 1. The Labute approximate surface area is 226 Å². The number of aromatic amines is 1. The van der Waals surface area contributed by atoms with Gasteiger partial charge in [-0.25, -0.2) is 9.37 Å². The van der Waals surface area contributed by atoms with Crippen LogP contribution in [0.2, 0.25) is 0 Å². The van der Waals surface area contributed by atoms with E-state index in [0.29, 0.717) is 17.0 Å². The molecule has 5 aromatic heterocycles. The summed E-state index contributed by atoms with van der Waals surface area (Å²) in [7, 11) is 0. The second kappa shape index (κ2) is 11.8. The maximum atomic E-state index is 15.9. The lowest BCUT2D eigenvalue weighted by atomic mass is 10.0. The molecule has 1 aliphatic heterocycles. The van der Waals surface area contributed by atoms with Crippen molar-refractivity contribution in [2.24, 2.45) is 0 Å². The summed E-state index contributed by atoms with van der Waals surface area (Å²) in [6.07, 6.45) is 22.1. The van der Waals surface area contributed by atoms with Crippen molar-refractivity contribution in [2.75, 3.05) is 18.8 Å². The number of anilines is 1. The molecule has 196 valence electrons. The van der Waals surface area contributed by atoms with Gasteiger partial charge in [0.05, 0.1) is 29.3 Å². The molecule has 9 heteroatoms. The average molecular weight is 521 g/mol. The molecular weight excluding hydrogens is 491 g/mol. The number of nitrogens with zero attached hydrogens (tertiary/aromatic N) is 6. The number of H-pyrrole nitrogens is 1. The van der Waals surface area contributed by atoms with E-state index in [9.17, 15) is 0 Å². The van der Waals surface area contributed by atoms with Crippen LogP contribution in [0.15, 0.2) is 61.4 Å². The van der Waals surface area contributed by atoms with Gasteiger partial charge in [0.1, 0.15) is 17.0 Å². The number of hydrogen-bond acceptors (Lipinski definition) is 7. The van der Waals surface area contributed by atoms with Gasteiger partial charge in [0.15, 0.2) is 5.82 Å². The molecule has 0 spiro atoms. The Bertz CT molecular complexity index is 1590. The highest BCUT2D eigenvalue weighted by atomic mass is 19.1. The van der Waals surface area contributed by atoms with Crippen molar-refractivity contribution in [2.45, 2.75) is 32.2 Å². The van der Waals surface area contributed by atoms with Crippen molar-refractivity contribution in [3.63, 3.8) is 0 Å². The molecule has 3 N–H and O–H groups in total. The van der Waals surface area contributed by atoms with Crippen LogP contribution < -0.4 is 5.73 Å². The molecule has 6 rings (SSSR count). The van der Waals surface area contributed by atoms with Crippen LogP contribution in [0.3, 0.4) is 0 Å². The largest absolute Gasteiger partial charge is 0.397 e. The van der Waals surface area contributed by atoms with Gasteiger partial charge in [0, 0.05) is 54.4 Å². The third-order valence-electron chi connectivity index (χ3n) is 6.81. The molecule has 0 unspecified atom stereocenters. The fourth-order valence-electron chi connectivity index (χ4n) is 4.94. The molecule has 39 heavy (non-hydrogen) atoms. The van der Waals surface area contributed by atoms with Gasteiger partial charge >= 0.3 is 0 Å². The number of nitrogen functional groups attached to an aromatic ring is 1. The highest BCUT2D eigenvalue weighted by molar-refractivity contribution is 5.89. The van der Waals surface area contributed by atoms with Crippen molar-refractivity contribution < 1.29 is 4.39 Å². The van der Waals surface area contributed by atoms with E-state index in [1.54, 1.807) is 24.8 Å². The molecule has 8 nitrogen and oxygen atoms in total. The molecule has 0 amide bonds. The van der Waals surface area contributed by atoms with E-state index in [2.05, 4.69) is 42.7 Å². The van der Waals surface area contributed by atoms with Gasteiger partial charge in [-0.05, 0) is 49.7 Å². The van der Waals surface area contributed by atoms with Gasteiger partial charge in [-0.3, -0.25) is 24.8 Å². The standard InChI is InChI=1S/C28H27FN8.C2H2/c29-26-20(11-25-35-24-16-32-14-21(28(24)36-25)23-6-2-3-7-33-23)22(30)15-34-27(26)19-10-18(12-31-13-19)17-37-8-4-1-5-9-37;1-2/h2-3,6-7,10,12-16H,1,4-5,8-9,11,17,30H2,(H,35,36);1-2H. The molecule has 0 bridgehead atoms. The third-order valence-corrected chi connectivity index (χ3v) is 6.81. The zero-order valence-corrected chi connectivity index (χ0v) is 21.5. The lowest BCUT2D eigenvalue weighted by Crippen LogP contribution is -2.29. The summed E-state index contributed by atoms with van der Waals surface area (Å²) in [4.78, 5) is 27.9. The van der Waals surface area contributed by atoms with Crippen LogP contribution in [0, 0.1) is 18.7 Å². The molecule has 1 saturated heterocycles. The predicted octanol–water partition coefficient (Wildman–Crippen LogP) is 5.02. The zero-order chi connectivity index (χ0) is 27.2. The molecule has 0 atom stereocenters. The number of aromatic nitrogens is 6. The van der Waals surface area contributed by atoms with Gasteiger partial charge in [0.2, 0.25) is 0 Å². The minimum Gasteiger partial charge on any atom is -0.397 e. The molecule has 0 aliphatic carbocycles. The molecule has 5 aromatic rings. The molecule has 0 radical (unpaired) electrons. The zero-order valence-electron chi connectivity index (χ0n) is 21.5. The lowest BCUT2D eigenvalue weighted by molar-refractivity contribution is 0.220. The molecular formula is C30H29FN8. The Morgan fingerprint density at radius 2 is 1.79 bits per heavy atom. The number of imidazole rings is 1. The Morgan fingerprint density at radius 3 is 2.59 bits per heavy atom. The number of rotatable bonds is 6. The van der Waals surface area contributed by atoms with E-state index >= 15 is 4.39 Å². The van der Waals surface area contributed by atoms with Gasteiger partial charge in [-0.2, -0.15) is 0 Å². The number of likely N-dealkylation sites (tertiary alicyclic amines) is 1. The molecule has 0 saturated carbocycles. The maximum Gasteiger partial charge on any atom is 0.155 e.